The molecule has 4 aromatic rings. The average molecular weight is 654 g/mol. The molecule has 4 N–H and O–H groups in total. The largest absolute Gasteiger partial charge is 0.491 e. The topological polar surface area (TPSA) is 157 Å². The van der Waals surface area contributed by atoms with Gasteiger partial charge in [0.2, 0.25) is 0 Å². The number of amides is 1. The lowest BCUT2D eigenvalue weighted by Gasteiger charge is -2.52. The second-order valence-electron chi connectivity index (χ2n) is 11.5. The molecule has 18 heteroatoms. The van der Waals surface area contributed by atoms with Crippen molar-refractivity contribution in [3.63, 3.8) is 0 Å². The van der Waals surface area contributed by atoms with Gasteiger partial charge in [0, 0.05) is 29.6 Å². The molecule has 1 amide bonds. The van der Waals surface area contributed by atoms with Crippen LogP contribution in [0.25, 0.3) is 22.2 Å². The van der Waals surface area contributed by atoms with Crippen LogP contribution < -0.4 is 26.4 Å². The average Bonchev–Trinajstić information content (AvgIpc) is 3.36. The van der Waals surface area contributed by atoms with Gasteiger partial charge in [-0.25, -0.2) is 43.0 Å². The molecule has 12 nitrogen and oxygen atoms in total. The molecular weight excluding hydrogens is 629 g/mol. The Hall–Kier alpha value is -4.54. The number of nitrogens with one attached hydrogen (secondary N) is 2. The number of hydrogen-bond acceptors (Lipinski definition) is 9. The van der Waals surface area contributed by atoms with Crippen LogP contribution >= 0.6 is 11.6 Å². The number of H-pyrrole nitrogens is 1. The molecule has 1 aromatic carbocycles. The van der Waals surface area contributed by atoms with Crippen molar-refractivity contribution in [2.24, 2.45) is 0 Å². The van der Waals surface area contributed by atoms with E-state index in [1.807, 2.05) is 18.7 Å². The van der Waals surface area contributed by atoms with Gasteiger partial charge in [-0.15, -0.1) is 0 Å². The molecule has 0 aliphatic carbocycles. The minimum Gasteiger partial charge on any atom is -0.491 e. The fourth-order valence-electron chi connectivity index (χ4n) is 6.41. The van der Waals surface area contributed by atoms with Crippen LogP contribution in [0.2, 0.25) is 5.02 Å². The zero-order chi connectivity index (χ0) is 32.6. The Bertz CT molecular complexity index is 1930. The van der Waals surface area contributed by atoms with Gasteiger partial charge in [0.15, 0.2) is 23.2 Å². The molecule has 1 saturated heterocycles. The maximum atomic E-state index is 16.4. The molecule has 0 saturated carbocycles. The first-order valence-electron chi connectivity index (χ1n) is 13.7. The molecule has 6 rings (SSSR count). The summed E-state index contributed by atoms with van der Waals surface area (Å²) in [6, 6.07) is -1.39. The summed E-state index contributed by atoms with van der Waals surface area (Å²) in [4.78, 5) is 38.6. The van der Waals surface area contributed by atoms with Gasteiger partial charge in [0.25, 0.3) is 0 Å². The van der Waals surface area contributed by atoms with Crippen LogP contribution in [0.1, 0.15) is 44.2 Å². The lowest BCUT2D eigenvalue weighted by Crippen LogP contribution is -2.61. The van der Waals surface area contributed by atoms with Gasteiger partial charge in [-0.3, -0.25) is 0 Å². The summed E-state index contributed by atoms with van der Waals surface area (Å²) < 4.78 is 80.4. The zero-order valence-electron chi connectivity index (χ0n) is 23.9. The first kappa shape index (κ1) is 30.5. The Kier molecular flexibility index (Phi) is 7.13. The molecular formula is C27H25ClF5N9O3. The van der Waals surface area contributed by atoms with Crippen LogP contribution in [0.15, 0.2) is 17.4 Å². The van der Waals surface area contributed by atoms with Crippen molar-refractivity contribution in [1.29, 1.82) is 0 Å². The number of aromatic nitrogens is 6. The van der Waals surface area contributed by atoms with Crippen molar-refractivity contribution >= 4 is 40.2 Å². The number of carbonyl (C=O) groups excluding carboxylic acids is 1. The van der Waals surface area contributed by atoms with Crippen LogP contribution in [0.3, 0.4) is 0 Å². The normalized spacial score (nSPS) is 19.4. The van der Waals surface area contributed by atoms with E-state index in [1.165, 1.54) is 0 Å². The highest BCUT2D eigenvalue weighted by Crippen LogP contribution is 2.51. The van der Waals surface area contributed by atoms with Crippen molar-refractivity contribution in [1.82, 2.24) is 35.0 Å². The first-order chi connectivity index (χ1) is 21.1. The monoisotopic (exact) mass is 653 g/mol. The number of ether oxygens (including phenoxy) is 1. The molecule has 0 radical (unpaired) electrons. The van der Waals surface area contributed by atoms with Crippen molar-refractivity contribution in [2.75, 3.05) is 17.2 Å². The molecule has 3 aromatic heterocycles. The summed E-state index contributed by atoms with van der Waals surface area (Å²) in [5.74, 6) is -3.46. The number of pyridine rings is 1. The maximum absolute atomic E-state index is 16.4. The standard InChI is InChI=1S/C27H25ClF5N9O3/c1-10-15(27(31,32)33)19(39-22(34)17(10)29)13-16(28)21-14-20(18(13)30)35-8-36-23(14)42-12(4-5-45-21)6-11(7-26(42,2)3)38-24(43)41-9-37-40-25(41)44/h8-9,11-12H,4-7H2,1-3H3,(H2,34,39)(H,38,43)(H,40,44)/t11?,12-/m0/s1. The predicted molar refractivity (Wildman–Crippen MR) is 152 cm³/mol. The summed E-state index contributed by atoms with van der Waals surface area (Å²) >= 11 is 6.65. The number of carbonyl (C=O) groups is 1. The third kappa shape index (κ3) is 4.89. The fraction of sp³-hybridized carbons (Fsp3) is 0.407. The number of halogens is 6. The second-order valence-corrected chi connectivity index (χ2v) is 11.9. The Morgan fingerprint density at radius 3 is 2.64 bits per heavy atom. The third-order valence-corrected chi connectivity index (χ3v) is 8.52. The molecule has 5 heterocycles. The molecule has 45 heavy (non-hydrogen) atoms. The molecule has 1 fully saturated rings. The summed E-state index contributed by atoms with van der Waals surface area (Å²) in [5.41, 5.74) is -0.452. The van der Waals surface area contributed by atoms with E-state index in [9.17, 15) is 27.2 Å². The van der Waals surface area contributed by atoms with Gasteiger partial charge in [-0.2, -0.15) is 18.3 Å². The lowest BCUT2D eigenvalue weighted by molar-refractivity contribution is -0.137. The number of nitrogen functional groups attached to an aromatic ring is 1. The van der Waals surface area contributed by atoms with Crippen LogP contribution in [0, 0.1) is 18.6 Å². The third-order valence-electron chi connectivity index (χ3n) is 8.16. The molecule has 2 aliphatic heterocycles. The van der Waals surface area contributed by atoms with Gasteiger partial charge < -0.3 is 20.7 Å². The molecule has 2 aliphatic rings. The van der Waals surface area contributed by atoms with Gasteiger partial charge in [0.1, 0.15) is 24.0 Å². The molecule has 1 unspecified atom stereocenters. The van der Waals surface area contributed by atoms with Crippen LogP contribution in [-0.4, -0.2) is 60.0 Å². The second kappa shape index (κ2) is 10.5. The van der Waals surface area contributed by atoms with Crippen molar-refractivity contribution < 1.29 is 31.5 Å². The maximum Gasteiger partial charge on any atom is 0.418 e. The number of rotatable bonds is 2. The van der Waals surface area contributed by atoms with E-state index in [2.05, 4.69) is 30.5 Å². The van der Waals surface area contributed by atoms with E-state index >= 15 is 4.39 Å². The van der Waals surface area contributed by atoms with E-state index in [0.717, 1.165) is 24.1 Å². The number of fused-ring (bicyclic) bond motifs is 2. The van der Waals surface area contributed by atoms with Gasteiger partial charge in [-0.1, -0.05) is 11.6 Å². The van der Waals surface area contributed by atoms with E-state index in [0.29, 0.717) is 19.3 Å². The van der Waals surface area contributed by atoms with E-state index in [4.69, 9.17) is 22.1 Å². The Labute approximate surface area is 255 Å². The summed E-state index contributed by atoms with van der Waals surface area (Å²) in [6.45, 7) is 4.62. The van der Waals surface area contributed by atoms with Crippen LogP contribution in [-0.2, 0) is 6.18 Å². The highest BCUT2D eigenvalue weighted by molar-refractivity contribution is 6.36. The lowest BCUT2D eigenvalue weighted by atomic mass is 9.81. The highest BCUT2D eigenvalue weighted by atomic mass is 35.5. The minimum atomic E-state index is -5.14. The molecule has 0 spiro atoms. The molecule has 0 bridgehead atoms. The van der Waals surface area contributed by atoms with Crippen molar-refractivity contribution in [3.8, 4) is 17.0 Å². The molecule has 238 valence electrons. The SMILES string of the molecule is Cc1c(F)c(N)nc(-c2c(Cl)c3c4c(ncnc4c2F)N2[C@@H](CCO3)CC(NC(=O)n3cn[nH]c3=O)CC2(C)C)c1C(F)(F)F. The quantitative estimate of drug-likeness (QED) is 0.264. The van der Waals surface area contributed by atoms with Gasteiger partial charge >= 0.3 is 17.9 Å². The number of nitrogens with two attached hydrogens (primary N) is 1. The number of piperidine rings is 1. The van der Waals surface area contributed by atoms with E-state index in [1.54, 1.807) is 0 Å². The van der Waals surface area contributed by atoms with Crippen LogP contribution in [0.4, 0.5) is 38.4 Å². The first-order valence-corrected chi connectivity index (χ1v) is 14.0. The molecule has 2 atom stereocenters. The number of aromatic amines is 1. The van der Waals surface area contributed by atoms with Gasteiger partial charge in [-0.05, 0) is 33.6 Å². The smallest absolute Gasteiger partial charge is 0.418 e. The van der Waals surface area contributed by atoms with Crippen molar-refractivity contribution in [3.05, 3.63) is 50.9 Å². The highest BCUT2D eigenvalue weighted by Gasteiger charge is 2.45. The zero-order valence-corrected chi connectivity index (χ0v) is 24.6. The number of hydrogen-bond donors (Lipinski definition) is 3. The summed E-state index contributed by atoms with van der Waals surface area (Å²) in [5, 5.41) is 8.06. The Morgan fingerprint density at radius 2 is 1.98 bits per heavy atom. The summed E-state index contributed by atoms with van der Waals surface area (Å²) in [6.07, 6.45) is -1.92. The van der Waals surface area contributed by atoms with Gasteiger partial charge in [0.05, 0.1) is 33.8 Å². The number of anilines is 2. The van der Waals surface area contributed by atoms with E-state index in [-0.39, 0.29) is 29.6 Å². The van der Waals surface area contributed by atoms with Crippen LogP contribution in [0.5, 0.6) is 5.75 Å². The van der Waals surface area contributed by atoms with E-state index < -0.39 is 79.9 Å². The minimum absolute atomic E-state index is 0.0164. The number of alkyl halides is 3. The summed E-state index contributed by atoms with van der Waals surface area (Å²) in [7, 11) is 0. The Morgan fingerprint density at radius 1 is 1.24 bits per heavy atom. The number of nitrogens with zero attached hydrogens (tertiary/aromatic N) is 6. The fourth-order valence-corrected chi connectivity index (χ4v) is 6.73. The number of benzene rings is 1. The predicted octanol–water partition coefficient (Wildman–Crippen LogP) is 4.57. The van der Waals surface area contributed by atoms with Crippen molar-refractivity contribution in [2.45, 2.75) is 63.8 Å². The Balaban J connectivity index is 1.50.